The largest absolute Gasteiger partial charge is 0.573 e. The van der Waals surface area contributed by atoms with E-state index in [4.69, 9.17) is 9.47 Å². The molecule has 0 radical (unpaired) electrons. The lowest BCUT2D eigenvalue weighted by atomic mass is 10.1. The number of pyridine rings is 2. The standard InChI is InChI=1S/C29H30F3N3O6/c1-5-39-26(37)21-14-20(21)25-23(36)11-10-22(34-25)18-9-12-24(33-15-18)35(27(38)41-28(2,3)4)16-17-7-6-8-19(13-17)40-29(30,31)32/h6-13,15,20-21,36H,5,14,16H2,1-4H3/t20-,21-/m1/s1. The Bertz CT molecular complexity index is 1410. The second kappa shape index (κ2) is 11.6. The molecule has 0 aliphatic heterocycles. The summed E-state index contributed by atoms with van der Waals surface area (Å²) >= 11 is 0. The molecule has 1 aliphatic carbocycles. The van der Waals surface area contributed by atoms with Crippen molar-refractivity contribution in [1.82, 2.24) is 9.97 Å². The van der Waals surface area contributed by atoms with E-state index < -0.39 is 23.8 Å². The van der Waals surface area contributed by atoms with Crippen LogP contribution in [-0.2, 0) is 20.8 Å². The Morgan fingerprint density at radius 2 is 1.85 bits per heavy atom. The van der Waals surface area contributed by atoms with E-state index in [0.29, 0.717) is 28.9 Å². The lowest BCUT2D eigenvalue weighted by molar-refractivity contribution is -0.274. The predicted molar refractivity (Wildman–Crippen MR) is 142 cm³/mol. The zero-order chi connectivity index (χ0) is 29.9. The number of hydrogen-bond donors (Lipinski definition) is 1. The summed E-state index contributed by atoms with van der Waals surface area (Å²) in [7, 11) is 0. The van der Waals surface area contributed by atoms with Crippen molar-refractivity contribution in [3.63, 3.8) is 0 Å². The maximum atomic E-state index is 13.1. The average Bonchev–Trinajstić information content (AvgIpc) is 3.67. The van der Waals surface area contributed by atoms with Crippen LogP contribution in [0.2, 0.25) is 0 Å². The molecule has 2 atom stereocenters. The highest BCUT2D eigenvalue weighted by molar-refractivity contribution is 5.87. The van der Waals surface area contributed by atoms with E-state index in [1.807, 2.05) is 0 Å². The number of anilines is 1. The van der Waals surface area contributed by atoms with Gasteiger partial charge in [0.2, 0.25) is 0 Å². The normalized spacial score (nSPS) is 16.6. The van der Waals surface area contributed by atoms with Gasteiger partial charge in [-0.3, -0.25) is 9.69 Å². The molecular formula is C29H30F3N3O6. The first-order chi connectivity index (χ1) is 19.2. The molecule has 3 aromatic rings. The minimum Gasteiger partial charge on any atom is -0.506 e. The molecule has 0 saturated heterocycles. The highest BCUT2D eigenvalue weighted by atomic mass is 19.4. The van der Waals surface area contributed by atoms with Gasteiger partial charge in [-0.2, -0.15) is 0 Å². The quantitative estimate of drug-likeness (QED) is 0.310. The minimum atomic E-state index is -4.86. The zero-order valence-corrected chi connectivity index (χ0v) is 22.9. The van der Waals surface area contributed by atoms with E-state index in [-0.39, 0.29) is 42.5 Å². The van der Waals surface area contributed by atoms with Crippen molar-refractivity contribution in [2.75, 3.05) is 11.5 Å². The summed E-state index contributed by atoms with van der Waals surface area (Å²) in [6.45, 7) is 6.93. The van der Waals surface area contributed by atoms with Gasteiger partial charge in [-0.25, -0.2) is 14.8 Å². The van der Waals surface area contributed by atoms with Crippen LogP contribution in [0.3, 0.4) is 0 Å². The van der Waals surface area contributed by atoms with Crippen molar-refractivity contribution in [2.45, 2.75) is 58.5 Å². The van der Waals surface area contributed by atoms with Gasteiger partial charge in [-0.05, 0) is 76.1 Å². The third kappa shape index (κ3) is 7.86. The SMILES string of the molecule is CCOC(=O)[C@@H]1C[C@H]1c1nc(-c2ccc(N(Cc3cccc(OC(F)(F)F)c3)C(=O)OC(C)(C)C)nc2)ccc1O. The van der Waals surface area contributed by atoms with Crippen LogP contribution in [0.1, 0.15) is 51.3 Å². The van der Waals surface area contributed by atoms with Crippen LogP contribution in [-0.4, -0.2) is 45.7 Å². The minimum absolute atomic E-state index is 0.0250. The van der Waals surface area contributed by atoms with Gasteiger partial charge >= 0.3 is 18.4 Å². The van der Waals surface area contributed by atoms with Crippen LogP contribution >= 0.6 is 0 Å². The molecule has 1 amide bonds. The fraction of sp³-hybridized carbons (Fsp3) is 0.379. The van der Waals surface area contributed by atoms with E-state index in [0.717, 1.165) is 6.07 Å². The molecule has 0 unspecified atom stereocenters. The molecule has 41 heavy (non-hydrogen) atoms. The number of ether oxygens (including phenoxy) is 3. The van der Waals surface area contributed by atoms with Crippen LogP contribution in [0.15, 0.2) is 54.7 Å². The number of nitrogens with zero attached hydrogens (tertiary/aromatic N) is 3. The molecule has 1 fully saturated rings. The monoisotopic (exact) mass is 573 g/mol. The molecule has 4 rings (SSSR count). The van der Waals surface area contributed by atoms with Gasteiger partial charge in [0.05, 0.1) is 30.5 Å². The number of carbonyl (C=O) groups excluding carboxylic acids is 2. The lowest BCUT2D eigenvalue weighted by Crippen LogP contribution is -2.37. The van der Waals surface area contributed by atoms with Crippen molar-refractivity contribution in [3.8, 4) is 22.8 Å². The number of benzene rings is 1. The van der Waals surface area contributed by atoms with Gasteiger partial charge < -0.3 is 19.3 Å². The first kappa shape index (κ1) is 29.6. The van der Waals surface area contributed by atoms with Crippen LogP contribution in [0, 0.1) is 5.92 Å². The van der Waals surface area contributed by atoms with Gasteiger partial charge in [0.25, 0.3) is 0 Å². The molecule has 1 N–H and O–H groups in total. The van der Waals surface area contributed by atoms with E-state index >= 15 is 0 Å². The number of amides is 1. The Morgan fingerprint density at radius 1 is 1.10 bits per heavy atom. The van der Waals surface area contributed by atoms with E-state index in [1.54, 1.807) is 52.0 Å². The molecule has 218 valence electrons. The number of esters is 1. The molecule has 2 aromatic heterocycles. The average molecular weight is 574 g/mol. The van der Waals surface area contributed by atoms with E-state index in [1.165, 1.54) is 29.3 Å². The maximum absolute atomic E-state index is 13.1. The molecule has 9 nitrogen and oxygen atoms in total. The Hall–Kier alpha value is -4.35. The van der Waals surface area contributed by atoms with Crippen LogP contribution in [0.5, 0.6) is 11.5 Å². The number of hydrogen-bond acceptors (Lipinski definition) is 8. The topological polar surface area (TPSA) is 111 Å². The van der Waals surface area contributed by atoms with Crippen molar-refractivity contribution in [2.24, 2.45) is 5.92 Å². The predicted octanol–water partition coefficient (Wildman–Crippen LogP) is 6.36. The summed E-state index contributed by atoms with van der Waals surface area (Å²) in [5, 5.41) is 10.4. The first-order valence-corrected chi connectivity index (χ1v) is 12.9. The highest BCUT2D eigenvalue weighted by Gasteiger charge is 2.47. The van der Waals surface area contributed by atoms with Crippen molar-refractivity contribution >= 4 is 17.9 Å². The van der Waals surface area contributed by atoms with E-state index in [9.17, 15) is 27.9 Å². The molecule has 12 heteroatoms. The molecule has 1 aromatic carbocycles. The van der Waals surface area contributed by atoms with E-state index in [2.05, 4.69) is 14.7 Å². The van der Waals surface area contributed by atoms with Gasteiger partial charge in [0.15, 0.2) is 0 Å². The van der Waals surface area contributed by atoms with Crippen molar-refractivity contribution in [1.29, 1.82) is 0 Å². The number of aromatic hydroxyl groups is 1. The van der Waals surface area contributed by atoms with Gasteiger partial charge in [-0.1, -0.05) is 12.1 Å². The Morgan fingerprint density at radius 3 is 2.49 bits per heavy atom. The third-order valence-electron chi connectivity index (χ3n) is 6.04. The second-order valence-electron chi connectivity index (χ2n) is 10.5. The summed E-state index contributed by atoms with van der Waals surface area (Å²) in [5.74, 6) is -1.19. The third-order valence-corrected chi connectivity index (χ3v) is 6.04. The molecular weight excluding hydrogens is 543 g/mol. The molecule has 0 bridgehead atoms. The summed E-state index contributed by atoms with van der Waals surface area (Å²) in [5.41, 5.74) is 0.975. The summed E-state index contributed by atoms with van der Waals surface area (Å²) in [6, 6.07) is 11.6. The van der Waals surface area contributed by atoms with Crippen LogP contribution in [0.25, 0.3) is 11.3 Å². The number of alkyl halides is 3. The molecule has 1 aliphatic rings. The summed E-state index contributed by atoms with van der Waals surface area (Å²) < 4.78 is 52.7. The fourth-order valence-electron chi connectivity index (χ4n) is 4.19. The zero-order valence-electron chi connectivity index (χ0n) is 22.9. The molecule has 0 spiro atoms. The number of halogens is 3. The smallest absolute Gasteiger partial charge is 0.506 e. The highest BCUT2D eigenvalue weighted by Crippen LogP contribution is 2.50. The van der Waals surface area contributed by atoms with Crippen molar-refractivity contribution in [3.05, 3.63) is 66.0 Å². The maximum Gasteiger partial charge on any atom is 0.573 e. The number of aromatic nitrogens is 2. The summed E-state index contributed by atoms with van der Waals surface area (Å²) in [4.78, 5) is 35.3. The summed E-state index contributed by atoms with van der Waals surface area (Å²) in [6.07, 6.45) is -3.60. The fourth-order valence-corrected chi connectivity index (χ4v) is 4.19. The van der Waals surface area contributed by atoms with Crippen LogP contribution in [0.4, 0.5) is 23.8 Å². The van der Waals surface area contributed by atoms with Crippen molar-refractivity contribution < 1.29 is 42.1 Å². The Labute approximate surface area is 234 Å². The molecule has 1 saturated carbocycles. The number of rotatable bonds is 8. The lowest BCUT2D eigenvalue weighted by Gasteiger charge is -2.27. The molecule has 2 heterocycles. The second-order valence-corrected chi connectivity index (χ2v) is 10.5. The van der Waals surface area contributed by atoms with Crippen LogP contribution < -0.4 is 9.64 Å². The van der Waals surface area contributed by atoms with Gasteiger partial charge in [0.1, 0.15) is 22.9 Å². The Kier molecular flexibility index (Phi) is 8.41. The van der Waals surface area contributed by atoms with Gasteiger partial charge in [-0.15, -0.1) is 13.2 Å². The van der Waals surface area contributed by atoms with Gasteiger partial charge in [0, 0.05) is 17.7 Å². The number of carbonyl (C=O) groups is 2. The Balaban J connectivity index is 1.58. The first-order valence-electron chi connectivity index (χ1n) is 12.9.